The van der Waals surface area contributed by atoms with Crippen molar-refractivity contribution in [2.75, 3.05) is 37.4 Å². The van der Waals surface area contributed by atoms with Gasteiger partial charge in [-0.1, -0.05) is 0 Å². The zero-order valence-electron chi connectivity index (χ0n) is 16.8. The van der Waals surface area contributed by atoms with Gasteiger partial charge in [0.1, 0.15) is 0 Å². The van der Waals surface area contributed by atoms with Crippen LogP contribution in [0, 0.1) is 5.41 Å². The number of thiocarbonyl (C=S) groups is 1. The van der Waals surface area contributed by atoms with Gasteiger partial charge in [0.05, 0.1) is 6.04 Å². The fourth-order valence-electron chi connectivity index (χ4n) is 4.93. The molecule has 4 rings (SSSR count). The Morgan fingerprint density at radius 2 is 1.90 bits per heavy atom. The van der Waals surface area contributed by atoms with E-state index in [4.69, 9.17) is 12.2 Å². The minimum atomic E-state index is -1.28. The molecule has 2 fully saturated rings. The number of carbonyl (C=O) groups excluding carboxylic acids is 3. The summed E-state index contributed by atoms with van der Waals surface area (Å²) in [5, 5.41) is 6.72. The summed E-state index contributed by atoms with van der Waals surface area (Å²) in [6.07, 6.45) is 1.92. The first kappa shape index (κ1) is 19.6. The number of hydrogen-bond acceptors (Lipinski definition) is 5. The molecule has 0 aliphatic carbocycles. The number of urea groups is 1. The van der Waals surface area contributed by atoms with Crippen molar-refractivity contribution in [1.82, 2.24) is 15.1 Å². The van der Waals surface area contributed by atoms with E-state index in [0.717, 1.165) is 46.1 Å². The van der Waals surface area contributed by atoms with Crippen molar-refractivity contribution >= 4 is 46.6 Å². The van der Waals surface area contributed by atoms with Crippen LogP contribution in [0.2, 0.25) is 0 Å². The number of carbonyl (C=O) groups is 3. The molecule has 0 aromatic heterocycles. The molecule has 9 heteroatoms. The summed E-state index contributed by atoms with van der Waals surface area (Å²) in [6.45, 7) is 3.46. The molecule has 1 atom stereocenters. The number of anilines is 2. The molecule has 1 aromatic carbocycles. The number of nitrogens with zero attached hydrogens (tertiary/aromatic N) is 3. The molecule has 1 aromatic rings. The van der Waals surface area contributed by atoms with E-state index in [1.54, 1.807) is 0 Å². The van der Waals surface area contributed by atoms with Crippen LogP contribution >= 0.6 is 12.2 Å². The molecule has 1 unspecified atom stereocenters. The molecule has 154 valence electrons. The first-order chi connectivity index (χ1) is 13.8. The van der Waals surface area contributed by atoms with E-state index < -0.39 is 23.3 Å². The van der Waals surface area contributed by atoms with Crippen LogP contribution in [0.15, 0.2) is 18.2 Å². The first-order valence-electron chi connectivity index (χ1n) is 9.86. The minimum absolute atomic E-state index is 0.241. The van der Waals surface area contributed by atoms with Crippen molar-refractivity contribution in [3.63, 3.8) is 0 Å². The third-order valence-electron chi connectivity index (χ3n) is 6.22. The Hall–Kier alpha value is -2.68. The molecule has 0 radical (unpaired) electrons. The van der Waals surface area contributed by atoms with Crippen molar-refractivity contribution in [2.24, 2.45) is 5.41 Å². The molecule has 2 N–H and O–H groups in total. The number of amides is 4. The SMILES string of the molecule is CCNC(=S)Nc1ccc2c(c1)CC1(C(=O)N(C)C(=O)N(C)C1=O)C1CCCN21. The van der Waals surface area contributed by atoms with E-state index >= 15 is 0 Å². The maximum Gasteiger partial charge on any atom is 0.332 e. The van der Waals surface area contributed by atoms with Gasteiger partial charge >= 0.3 is 6.03 Å². The van der Waals surface area contributed by atoms with Crippen LogP contribution in [0.1, 0.15) is 25.3 Å². The predicted octanol–water partition coefficient (Wildman–Crippen LogP) is 1.55. The van der Waals surface area contributed by atoms with Gasteiger partial charge in [-0.15, -0.1) is 0 Å². The van der Waals surface area contributed by atoms with E-state index in [9.17, 15) is 14.4 Å². The largest absolute Gasteiger partial charge is 0.367 e. The Morgan fingerprint density at radius 1 is 1.21 bits per heavy atom. The van der Waals surface area contributed by atoms with Gasteiger partial charge in [-0.3, -0.25) is 19.4 Å². The van der Waals surface area contributed by atoms with Gasteiger partial charge < -0.3 is 15.5 Å². The quantitative estimate of drug-likeness (QED) is 0.560. The Balaban J connectivity index is 1.78. The lowest BCUT2D eigenvalue weighted by molar-refractivity contribution is -0.159. The van der Waals surface area contributed by atoms with Gasteiger partial charge in [0.15, 0.2) is 10.5 Å². The standard InChI is InChI=1S/C20H25N5O3S/c1-4-21-18(29)22-13-7-8-14-12(10-13)11-20(15-6-5-9-25(14)15)16(26)23(2)19(28)24(3)17(20)27/h7-8,10,15H,4-6,9,11H2,1-3H3,(H2,21,22,29). The van der Waals surface area contributed by atoms with Crippen LogP contribution in [0.5, 0.6) is 0 Å². The van der Waals surface area contributed by atoms with Gasteiger partial charge in [0, 0.05) is 38.6 Å². The minimum Gasteiger partial charge on any atom is -0.367 e. The van der Waals surface area contributed by atoms with Gasteiger partial charge in [-0.25, -0.2) is 4.79 Å². The lowest BCUT2D eigenvalue weighted by Gasteiger charge is -2.50. The predicted molar refractivity (Wildman–Crippen MR) is 114 cm³/mol. The van der Waals surface area contributed by atoms with Crippen LogP contribution < -0.4 is 15.5 Å². The van der Waals surface area contributed by atoms with E-state index in [-0.39, 0.29) is 12.5 Å². The van der Waals surface area contributed by atoms with Crippen LogP contribution in [0.3, 0.4) is 0 Å². The fraction of sp³-hybridized carbons (Fsp3) is 0.500. The van der Waals surface area contributed by atoms with Gasteiger partial charge in [-0.05, 0) is 62.2 Å². The molecule has 29 heavy (non-hydrogen) atoms. The van der Waals surface area contributed by atoms with Gasteiger partial charge in [-0.2, -0.15) is 0 Å². The Labute approximate surface area is 175 Å². The number of fused-ring (bicyclic) bond motifs is 4. The number of hydrogen-bond donors (Lipinski definition) is 2. The van der Waals surface area contributed by atoms with Crippen molar-refractivity contribution < 1.29 is 14.4 Å². The summed E-state index contributed by atoms with van der Waals surface area (Å²) in [6, 6.07) is 5.12. The Morgan fingerprint density at radius 3 is 2.55 bits per heavy atom. The highest BCUT2D eigenvalue weighted by atomic mass is 32.1. The van der Waals surface area contributed by atoms with E-state index in [2.05, 4.69) is 15.5 Å². The lowest BCUT2D eigenvalue weighted by atomic mass is 9.68. The maximum atomic E-state index is 13.4. The van der Waals surface area contributed by atoms with E-state index in [0.29, 0.717) is 11.7 Å². The summed E-state index contributed by atoms with van der Waals surface area (Å²) in [5.74, 6) is -0.815. The number of barbiturate groups is 1. The molecule has 3 aliphatic rings. The van der Waals surface area contributed by atoms with Crippen LogP contribution in [-0.2, 0) is 16.0 Å². The van der Waals surface area contributed by atoms with Crippen molar-refractivity contribution in [3.05, 3.63) is 23.8 Å². The zero-order valence-corrected chi connectivity index (χ0v) is 17.6. The second-order valence-corrected chi connectivity index (χ2v) is 8.25. The molecule has 2 saturated heterocycles. The third kappa shape index (κ3) is 2.78. The van der Waals surface area contributed by atoms with Crippen molar-refractivity contribution in [3.8, 4) is 0 Å². The summed E-state index contributed by atoms with van der Waals surface area (Å²) in [4.78, 5) is 43.4. The average molecular weight is 416 g/mol. The number of imide groups is 2. The van der Waals surface area contributed by atoms with E-state index in [1.807, 2.05) is 25.1 Å². The molecule has 3 heterocycles. The molecule has 0 saturated carbocycles. The average Bonchev–Trinajstić information content (AvgIpc) is 3.20. The Bertz CT molecular complexity index is 893. The second kappa shape index (κ2) is 6.98. The fourth-order valence-corrected chi connectivity index (χ4v) is 5.19. The van der Waals surface area contributed by atoms with Crippen molar-refractivity contribution in [1.29, 1.82) is 0 Å². The zero-order chi connectivity index (χ0) is 20.9. The van der Waals surface area contributed by atoms with Crippen LogP contribution in [0.4, 0.5) is 16.2 Å². The monoisotopic (exact) mass is 415 g/mol. The number of benzene rings is 1. The maximum absolute atomic E-state index is 13.4. The van der Waals surface area contributed by atoms with Crippen molar-refractivity contribution in [2.45, 2.75) is 32.2 Å². The molecule has 0 bridgehead atoms. The van der Waals surface area contributed by atoms with Gasteiger partial charge in [0.2, 0.25) is 11.8 Å². The van der Waals surface area contributed by atoms with E-state index in [1.165, 1.54) is 14.1 Å². The highest BCUT2D eigenvalue weighted by Gasteiger charge is 2.63. The molecule has 4 amide bonds. The smallest absolute Gasteiger partial charge is 0.332 e. The van der Waals surface area contributed by atoms with Crippen LogP contribution in [-0.4, -0.2) is 66.0 Å². The molecule has 8 nitrogen and oxygen atoms in total. The molecule has 1 spiro atoms. The van der Waals surface area contributed by atoms with Crippen LogP contribution in [0.25, 0.3) is 0 Å². The summed E-state index contributed by atoms with van der Waals surface area (Å²) >= 11 is 5.27. The summed E-state index contributed by atoms with van der Waals surface area (Å²) in [5.41, 5.74) is 1.48. The third-order valence-corrected chi connectivity index (χ3v) is 6.47. The normalized spacial score (nSPS) is 22.7. The summed E-state index contributed by atoms with van der Waals surface area (Å²) in [7, 11) is 2.91. The lowest BCUT2D eigenvalue weighted by Crippen LogP contribution is -2.70. The number of rotatable bonds is 2. The second-order valence-electron chi connectivity index (χ2n) is 7.84. The topological polar surface area (TPSA) is 85.0 Å². The molecular formula is C20H25N5O3S. The molecule has 3 aliphatic heterocycles. The highest BCUT2D eigenvalue weighted by Crippen LogP contribution is 2.49. The molecular weight excluding hydrogens is 390 g/mol. The first-order valence-corrected chi connectivity index (χ1v) is 10.3. The highest BCUT2D eigenvalue weighted by molar-refractivity contribution is 7.80. The summed E-state index contributed by atoms with van der Waals surface area (Å²) < 4.78 is 0. The Kier molecular flexibility index (Phi) is 4.72. The van der Waals surface area contributed by atoms with Gasteiger partial charge in [0.25, 0.3) is 0 Å². The number of nitrogens with one attached hydrogen (secondary N) is 2.